The molecule has 2 atom stereocenters. The first-order chi connectivity index (χ1) is 8.69. The molecule has 96 valence electrons. The van der Waals surface area contributed by atoms with Crippen molar-refractivity contribution in [1.82, 2.24) is 9.88 Å². The maximum atomic E-state index is 11.9. The number of pyridine rings is 1. The second-order valence-corrected chi connectivity index (χ2v) is 4.24. The van der Waals surface area contributed by atoms with E-state index in [1.54, 1.807) is 23.4 Å². The van der Waals surface area contributed by atoms with Gasteiger partial charge in [-0.1, -0.05) is 6.07 Å². The molecule has 1 amide bonds. The Hall–Kier alpha value is -1.91. The average Bonchev–Trinajstić information content (AvgIpc) is 2.75. The van der Waals surface area contributed by atoms with Gasteiger partial charge in [0.25, 0.3) is 0 Å². The zero-order chi connectivity index (χ0) is 13.1. The second kappa shape index (κ2) is 5.16. The van der Waals surface area contributed by atoms with Crippen molar-refractivity contribution < 1.29 is 14.3 Å². The number of carbonyl (C=O) groups is 2. The van der Waals surface area contributed by atoms with Crippen LogP contribution in [0.5, 0.6) is 0 Å². The van der Waals surface area contributed by atoms with Gasteiger partial charge >= 0.3 is 5.97 Å². The predicted molar refractivity (Wildman–Crippen MR) is 64.5 cm³/mol. The van der Waals surface area contributed by atoms with Crippen LogP contribution in [0.1, 0.15) is 24.9 Å². The molecule has 0 aliphatic carbocycles. The quantitative estimate of drug-likeness (QED) is 0.753. The molecule has 0 spiro atoms. The van der Waals surface area contributed by atoms with E-state index in [1.165, 1.54) is 7.11 Å². The van der Waals surface area contributed by atoms with Crippen LogP contribution in [0, 0.1) is 5.92 Å². The maximum absolute atomic E-state index is 11.9. The fourth-order valence-electron chi connectivity index (χ4n) is 2.49. The van der Waals surface area contributed by atoms with Crippen molar-refractivity contribution in [3.63, 3.8) is 0 Å². The number of rotatable bonds is 3. The summed E-state index contributed by atoms with van der Waals surface area (Å²) in [7, 11) is 1.35. The molecule has 18 heavy (non-hydrogen) atoms. The Balaban J connectivity index is 2.37. The van der Waals surface area contributed by atoms with Gasteiger partial charge in [-0.05, 0) is 18.6 Å². The Morgan fingerprint density at radius 2 is 2.39 bits per heavy atom. The lowest BCUT2D eigenvalue weighted by atomic mass is 9.95. The van der Waals surface area contributed by atoms with Crippen molar-refractivity contribution in [2.75, 3.05) is 13.7 Å². The molecular weight excluding hydrogens is 232 g/mol. The van der Waals surface area contributed by atoms with Gasteiger partial charge in [0.2, 0.25) is 5.91 Å². The third kappa shape index (κ3) is 2.08. The molecule has 1 aliphatic rings. The fourth-order valence-corrected chi connectivity index (χ4v) is 2.49. The summed E-state index contributed by atoms with van der Waals surface area (Å²) in [6.45, 7) is 2.48. The minimum absolute atomic E-state index is 0.0123. The number of aromatic nitrogens is 1. The predicted octanol–water partition coefficient (Wildman–Crippen LogP) is 1.16. The van der Waals surface area contributed by atoms with Crippen molar-refractivity contribution in [2.45, 2.75) is 19.4 Å². The summed E-state index contributed by atoms with van der Waals surface area (Å²) in [5.41, 5.74) is 0.876. The summed E-state index contributed by atoms with van der Waals surface area (Å²) in [6, 6.07) is 3.43. The number of carbonyl (C=O) groups excluding carboxylic acids is 2. The van der Waals surface area contributed by atoms with E-state index >= 15 is 0 Å². The Morgan fingerprint density at radius 1 is 1.61 bits per heavy atom. The highest BCUT2D eigenvalue weighted by Crippen LogP contribution is 2.38. The van der Waals surface area contributed by atoms with Gasteiger partial charge in [0, 0.05) is 25.4 Å². The van der Waals surface area contributed by atoms with Gasteiger partial charge in [-0.25, -0.2) is 0 Å². The molecule has 1 saturated heterocycles. The highest BCUT2D eigenvalue weighted by molar-refractivity contribution is 5.88. The smallest absolute Gasteiger partial charge is 0.311 e. The maximum Gasteiger partial charge on any atom is 0.311 e. The number of amides is 1. The van der Waals surface area contributed by atoms with Crippen molar-refractivity contribution in [2.24, 2.45) is 5.92 Å². The van der Waals surface area contributed by atoms with Crippen LogP contribution in [0.2, 0.25) is 0 Å². The van der Waals surface area contributed by atoms with Crippen molar-refractivity contribution >= 4 is 11.9 Å². The van der Waals surface area contributed by atoms with Gasteiger partial charge < -0.3 is 9.64 Å². The number of nitrogens with zero attached hydrogens (tertiary/aromatic N) is 2. The first-order valence-corrected chi connectivity index (χ1v) is 5.96. The molecule has 1 fully saturated rings. The van der Waals surface area contributed by atoms with E-state index in [9.17, 15) is 9.59 Å². The topological polar surface area (TPSA) is 59.5 Å². The van der Waals surface area contributed by atoms with Crippen LogP contribution >= 0.6 is 0 Å². The molecular formula is C13H16N2O3. The lowest BCUT2D eigenvalue weighted by Crippen LogP contribution is -2.30. The minimum Gasteiger partial charge on any atom is -0.469 e. The molecule has 2 rings (SSSR count). The number of hydrogen-bond acceptors (Lipinski definition) is 4. The first-order valence-electron chi connectivity index (χ1n) is 5.96. The van der Waals surface area contributed by atoms with Crippen LogP contribution in [-0.2, 0) is 14.3 Å². The number of esters is 1. The van der Waals surface area contributed by atoms with Crippen LogP contribution in [0.4, 0.5) is 0 Å². The Morgan fingerprint density at radius 3 is 2.94 bits per heavy atom. The summed E-state index contributed by atoms with van der Waals surface area (Å²) < 4.78 is 4.79. The van der Waals surface area contributed by atoms with Gasteiger partial charge in [0.1, 0.15) is 0 Å². The van der Waals surface area contributed by atoms with Crippen LogP contribution in [-0.4, -0.2) is 35.4 Å². The standard InChI is InChI=1S/C13H16N2O3/c1-3-15-11(16)7-10(13(17)18-2)12(15)9-5-4-6-14-8-9/h4-6,8,10,12H,3,7H2,1-2H3/t10-,12-/m0/s1. The normalized spacial score (nSPS) is 23.2. The number of ether oxygens (including phenoxy) is 1. The Bertz CT molecular complexity index is 445. The summed E-state index contributed by atoms with van der Waals surface area (Å²) >= 11 is 0. The lowest BCUT2D eigenvalue weighted by molar-refractivity contribution is -0.146. The molecule has 5 nitrogen and oxygen atoms in total. The zero-order valence-corrected chi connectivity index (χ0v) is 10.5. The first kappa shape index (κ1) is 12.5. The third-order valence-corrected chi connectivity index (χ3v) is 3.30. The molecule has 5 heteroatoms. The van der Waals surface area contributed by atoms with Crippen LogP contribution in [0.3, 0.4) is 0 Å². The largest absolute Gasteiger partial charge is 0.469 e. The molecule has 0 saturated carbocycles. The van der Waals surface area contributed by atoms with Crippen LogP contribution in [0.25, 0.3) is 0 Å². The number of hydrogen-bond donors (Lipinski definition) is 0. The number of methoxy groups -OCH3 is 1. The van der Waals surface area contributed by atoms with Crippen LogP contribution in [0.15, 0.2) is 24.5 Å². The highest BCUT2D eigenvalue weighted by atomic mass is 16.5. The number of likely N-dealkylation sites (tertiary alicyclic amines) is 1. The second-order valence-electron chi connectivity index (χ2n) is 4.24. The average molecular weight is 248 g/mol. The zero-order valence-electron chi connectivity index (χ0n) is 10.5. The fraction of sp³-hybridized carbons (Fsp3) is 0.462. The van der Waals surface area contributed by atoms with Gasteiger partial charge in [0.05, 0.1) is 19.1 Å². The molecule has 2 heterocycles. The molecule has 0 bridgehead atoms. The van der Waals surface area contributed by atoms with Crippen molar-refractivity contribution in [3.8, 4) is 0 Å². The monoisotopic (exact) mass is 248 g/mol. The van der Waals surface area contributed by atoms with Gasteiger partial charge in [-0.3, -0.25) is 14.6 Å². The third-order valence-electron chi connectivity index (χ3n) is 3.30. The van der Waals surface area contributed by atoms with E-state index in [0.717, 1.165) is 5.56 Å². The SMILES string of the molecule is CCN1C(=O)C[C@H](C(=O)OC)[C@@H]1c1cccnc1. The van der Waals surface area contributed by atoms with Gasteiger partial charge in [-0.15, -0.1) is 0 Å². The summed E-state index contributed by atoms with van der Waals surface area (Å²) in [6.07, 6.45) is 3.58. The summed E-state index contributed by atoms with van der Waals surface area (Å²) in [5.74, 6) is -0.790. The van der Waals surface area contributed by atoms with Gasteiger partial charge in [0.15, 0.2) is 0 Å². The Labute approximate surface area is 106 Å². The van der Waals surface area contributed by atoms with E-state index < -0.39 is 5.92 Å². The van der Waals surface area contributed by atoms with E-state index in [-0.39, 0.29) is 24.3 Å². The van der Waals surface area contributed by atoms with Gasteiger partial charge in [-0.2, -0.15) is 0 Å². The van der Waals surface area contributed by atoms with Crippen molar-refractivity contribution in [3.05, 3.63) is 30.1 Å². The van der Waals surface area contributed by atoms with E-state index in [1.807, 2.05) is 13.0 Å². The van der Waals surface area contributed by atoms with E-state index in [0.29, 0.717) is 6.54 Å². The highest BCUT2D eigenvalue weighted by Gasteiger charge is 2.44. The molecule has 0 unspecified atom stereocenters. The molecule has 1 aromatic heterocycles. The van der Waals surface area contributed by atoms with Crippen molar-refractivity contribution in [1.29, 1.82) is 0 Å². The molecule has 1 aliphatic heterocycles. The minimum atomic E-state index is -0.438. The van der Waals surface area contributed by atoms with Crippen LogP contribution < -0.4 is 0 Å². The molecule has 1 aromatic rings. The lowest BCUT2D eigenvalue weighted by Gasteiger charge is -2.26. The van der Waals surface area contributed by atoms with E-state index in [4.69, 9.17) is 4.74 Å². The summed E-state index contributed by atoms with van der Waals surface area (Å²) in [5, 5.41) is 0. The summed E-state index contributed by atoms with van der Waals surface area (Å²) in [4.78, 5) is 29.5. The van der Waals surface area contributed by atoms with E-state index in [2.05, 4.69) is 4.98 Å². The molecule has 0 N–H and O–H groups in total. The molecule has 0 aromatic carbocycles. The molecule has 0 radical (unpaired) electrons. The Kier molecular flexibility index (Phi) is 3.60.